The lowest BCUT2D eigenvalue weighted by Gasteiger charge is -2.05. The van der Waals surface area contributed by atoms with Crippen LogP contribution in [0, 0.1) is 6.92 Å². The van der Waals surface area contributed by atoms with E-state index in [9.17, 15) is 9.59 Å². The van der Waals surface area contributed by atoms with Crippen molar-refractivity contribution in [2.24, 2.45) is 0 Å². The average Bonchev–Trinajstić information content (AvgIpc) is 2.93. The van der Waals surface area contributed by atoms with E-state index in [4.69, 9.17) is 0 Å². The Hall–Kier alpha value is -2.12. The minimum Gasteiger partial charge on any atom is -0.351 e. The fourth-order valence-electron chi connectivity index (χ4n) is 2.08. The summed E-state index contributed by atoms with van der Waals surface area (Å²) in [5, 5.41) is 3.92. The SMILES string of the molecule is Cc1cc2c(=O)[nH]c(SCC(=O)NCc3ccccc3)nc2s1. The number of fused-ring (bicyclic) bond motifs is 1. The number of aryl methyl sites for hydroxylation is 1. The fraction of sp³-hybridized carbons (Fsp3) is 0.188. The lowest BCUT2D eigenvalue weighted by Crippen LogP contribution is -2.24. The summed E-state index contributed by atoms with van der Waals surface area (Å²) in [6, 6.07) is 11.5. The highest BCUT2D eigenvalue weighted by Crippen LogP contribution is 2.22. The molecule has 1 aromatic carbocycles. The molecule has 0 aliphatic heterocycles. The molecule has 2 N–H and O–H groups in total. The number of carbonyl (C=O) groups excluding carboxylic acids is 1. The third-order valence-electron chi connectivity index (χ3n) is 3.18. The van der Waals surface area contributed by atoms with Crippen molar-refractivity contribution in [1.82, 2.24) is 15.3 Å². The number of amides is 1. The zero-order chi connectivity index (χ0) is 16.2. The largest absolute Gasteiger partial charge is 0.351 e. The molecule has 0 saturated carbocycles. The van der Waals surface area contributed by atoms with E-state index < -0.39 is 0 Å². The number of hydrogen-bond acceptors (Lipinski definition) is 5. The summed E-state index contributed by atoms with van der Waals surface area (Å²) in [4.78, 5) is 32.7. The number of thioether (sulfide) groups is 1. The predicted octanol–water partition coefficient (Wildman–Crippen LogP) is 2.70. The Kier molecular flexibility index (Phi) is 4.78. The molecule has 0 bridgehead atoms. The average molecular weight is 345 g/mol. The molecular formula is C16H15N3O2S2. The van der Waals surface area contributed by atoms with Crippen molar-refractivity contribution in [1.29, 1.82) is 0 Å². The molecular weight excluding hydrogens is 330 g/mol. The Balaban J connectivity index is 1.59. The number of thiophene rings is 1. The van der Waals surface area contributed by atoms with Crippen molar-refractivity contribution in [3.63, 3.8) is 0 Å². The molecule has 118 valence electrons. The Morgan fingerprint density at radius 3 is 2.91 bits per heavy atom. The summed E-state index contributed by atoms with van der Waals surface area (Å²) in [6.45, 7) is 2.43. The van der Waals surface area contributed by atoms with E-state index in [-0.39, 0.29) is 17.2 Å². The van der Waals surface area contributed by atoms with Gasteiger partial charge in [0.2, 0.25) is 5.91 Å². The summed E-state index contributed by atoms with van der Waals surface area (Å²) in [7, 11) is 0. The van der Waals surface area contributed by atoms with E-state index in [1.54, 1.807) is 0 Å². The number of aromatic nitrogens is 2. The van der Waals surface area contributed by atoms with Crippen LogP contribution in [0.1, 0.15) is 10.4 Å². The van der Waals surface area contributed by atoms with Crippen LogP contribution in [0.2, 0.25) is 0 Å². The van der Waals surface area contributed by atoms with Crippen LogP contribution >= 0.6 is 23.1 Å². The molecule has 3 rings (SSSR count). The molecule has 0 spiro atoms. The first-order valence-corrected chi connectivity index (χ1v) is 8.86. The van der Waals surface area contributed by atoms with E-state index in [1.807, 2.05) is 43.3 Å². The quantitative estimate of drug-likeness (QED) is 0.551. The maximum absolute atomic E-state index is 12.0. The minimum atomic E-state index is -0.161. The van der Waals surface area contributed by atoms with E-state index in [1.165, 1.54) is 23.1 Å². The first-order valence-electron chi connectivity index (χ1n) is 7.06. The predicted molar refractivity (Wildman–Crippen MR) is 94.0 cm³/mol. The highest BCUT2D eigenvalue weighted by atomic mass is 32.2. The van der Waals surface area contributed by atoms with Crippen molar-refractivity contribution in [3.8, 4) is 0 Å². The molecule has 7 heteroatoms. The zero-order valence-electron chi connectivity index (χ0n) is 12.5. The van der Waals surface area contributed by atoms with Crippen LogP contribution in [0.15, 0.2) is 46.3 Å². The second kappa shape index (κ2) is 6.97. The van der Waals surface area contributed by atoms with Gasteiger partial charge in [-0.1, -0.05) is 42.1 Å². The Bertz CT molecular complexity index is 887. The third-order valence-corrected chi connectivity index (χ3v) is 4.99. The van der Waals surface area contributed by atoms with Crippen molar-refractivity contribution >= 4 is 39.2 Å². The maximum Gasteiger partial charge on any atom is 0.260 e. The second-order valence-electron chi connectivity index (χ2n) is 5.00. The number of aromatic amines is 1. The van der Waals surface area contributed by atoms with E-state index in [0.29, 0.717) is 21.9 Å². The molecule has 2 heterocycles. The Labute approximate surface area is 141 Å². The molecule has 2 aromatic heterocycles. The van der Waals surface area contributed by atoms with Gasteiger partial charge in [-0.25, -0.2) is 4.98 Å². The molecule has 0 atom stereocenters. The van der Waals surface area contributed by atoms with Crippen LogP contribution in [0.25, 0.3) is 10.2 Å². The molecule has 0 fully saturated rings. The molecule has 3 aromatic rings. The van der Waals surface area contributed by atoms with Gasteiger partial charge in [-0.15, -0.1) is 11.3 Å². The lowest BCUT2D eigenvalue weighted by molar-refractivity contribution is -0.118. The van der Waals surface area contributed by atoms with Gasteiger partial charge in [-0.3, -0.25) is 9.59 Å². The van der Waals surface area contributed by atoms with Crippen LogP contribution in [0.3, 0.4) is 0 Å². The van der Waals surface area contributed by atoms with E-state index in [0.717, 1.165) is 10.4 Å². The summed E-state index contributed by atoms with van der Waals surface area (Å²) in [6.07, 6.45) is 0. The highest BCUT2D eigenvalue weighted by Gasteiger charge is 2.09. The molecule has 5 nitrogen and oxygen atoms in total. The number of rotatable bonds is 5. The summed E-state index contributed by atoms with van der Waals surface area (Å²) >= 11 is 2.71. The number of nitrogens with zero attached hydrogens (tertiary/aromatic N) is 1. The summed E-state index contributed by atoms with van der Waals surface area (Å²) in [5.74, 6) is 0.120. The number of H-pyrrole nitrogens is 1. The minimum absolute atomic E-state index is 0.0936. The lowest BCUT2D eigenvalue weighted by atomic mass is 10.2. The van der Waals surface area contributed by atoms with Gasteiger partial charge in [0.1, 0.15) is 4.83 Å². The van der Waals surface area contributed by atoms with Crippen LogP contribution in [-0.2, 0) is 11.3 Å². The first kappa shape index (κ1) is 15.8. The Morgan fingerprint density at radius 2 is 2.13 bits per heavy atom. The van der Waals surface area contributed by atoms with Gasteiger partial charge in [0, 0.05) is 11.4 Å². The van der Waals surface area contributed by atoms with Gasteiger partial charge in [-0.05, 0) is 18.6 Å². The van der Waals surface area contributed by atoms with Gasteiger partial charge < -0.3 is 10.3 Å². The molecule has 0 aliphatic rings. The molecule has 0 radical (unpaired) electrons. The van der Waals surface area contributed by atoms with Crippen LogP contribution in [0.4, 0.5) is 0 Å². The zero-order valence-corrected chi connectivity index (χ0v) is 14.1. The Morgan fingerprint density at radius 1 is 1.35 bits per heavy atom. The summed E-state index contributed by atoms with van der Waals surface area (Å²) < 4.78 is 0. The van der Waals surface area contributed by atoms with Crippen molar-refractivity contribution in [2.45, 2.75) is 18.6 Å². The molecule has 0 aliphatic carbocycles. The van der Waals surface area contributed by atoms with Gasteiger partial charge in [0.05, 0.1) is 11.1 Å². The van der Waals surface area contributed by atoms with Crippen molar-refractivity contribution in [2.75, 3.05) is 5.75 Å². The van der Waals surface area contributed by atoms with Crippen molar-refractivity contribution in [3.05, 3.63) is 57.2 Å². The standard InChI is InChI=1S/C16H15N3O2S2/c1-10-7-12-14(21)18-16(19-15(12)23-10)22-9-13(20)17-8-11-5-3-2-4-6-11/h2-7H,8-9H2,1H3,(H,17,20)(H,18,19,21). The topological polar surface area (TPSA) is 74.8 Å². The van der Waals surface area contributed by atoms with E-state index in [2.05, 4.69) is 15.3 Å². The second-order valence-corrected chi connectivity index (χ2v) is 7.20. The normalized spacial score (nSPS) is 10.8. The van der Waals surface area contributed by atoms with Crippen LogP contribution < -0.4 is 10.9 Å². The van der Waals surface area contributed by atoms with Gasteiger partial charge in [0.15, 0.2) is 5.16 Å². The molecule has 1 amide bonds. The van der Waals surface area contributed by atoms with Crippen molar-refractivity contribution < 1.29 is 4.79 Å². The molecule has 0 unspecified atom stereocenters. The number of nitrogens with one attached hydrogen (secondary N) is 2. The number of carbonyl (C=O) groups is 1. The monoisotopic (exact) mass is 345 g/mol. The fourth-order valence-corrected chi connectivity index (χ4v) is 3.71. The van der Waals surface area contributed by atoms with Gasteiger partial charge in [-0.2, -0.15) is 0 Å². The van der Waals surface area contributed by atoms with Gasteiger partial charge in [0.25, 0.3) is 5.56 Å². The molecule has 23 heavy (non-hydrogen) atoms. The number of hydrogen-bond donors (Lipinski definition) is 2. The number of benzene rings is 1. The first-order chi connectivity index (χ1) is 11.1. The highest BCUT2D eigenvalue weighted by molar-refractivity contribution is 7.99. The van der Waals surface area contributed by atoms with E-state index >= 15 is 0 Å². The third kappa shape index (κ3) is 4.00. The molecule has 0 saturated heterocycles. The maximum atomic E-state index is 12.0. The smallest absolute Gasteiger partial charge is 0.260 e. The van der Waals surface area contributed by atoms with Crippen LogP contribution in [0.5, 0.6) is 0 Å². The summed E-state index contributed by atoms with van der Waals surface area (Å²) in [5.41, 5.74) is 0.888. The van der Waals surface area contributed by atoms with Gasteiger partial charge >= 0.3 is 0 Å². The van der Waals surface area contributed by atoms with Crippen LogP contribution in [-0.4, -0.2) is 21.6 Å².